The van der Waals surface area contributed by atoms with Crippen LogP contribution in [-0.2, 0) is 16.6 Å². The maximum Gasteiger partial charge on any atom is 0.295 e. The number of nitrogens with one attached hydrogen (secondary N) is 2. The normalized spacial score (nSPS) is 12.5. The molecule has 0 fully saturated rings. The van der Waals surface area contributed by atoms with Crippen molar-refractivity contribution in [1.29, 1.82) is 0 Å². The summed E-state index contributed by atoms with van der Waals surface area (Å²) in [6, 6.07) is 14.0. The van der Waals surface area contributed by atoms with Crippen LogP contribution < -0.4 is 25.7 Å². The van der Waals surface area contributed by atoms with Gasteiger partial charge in [0.05, 0.1) is 17.1 Å². The van der Waals surface area contributed by atoms with E-state index in [1.54, 1.807) is 36.9 Å². The number of ether oxygens (including phenoxy) is 2. The van der Waals surface area contributed by atoms with Crippen LogP contribution in [0.2, 0.25) is 0 Å². The molecule has 0 spiro atoms. The second kappa shape index (κ2) is 7.78. The van der Waals surface area contributed by atoms with Crippen LogP contribution >= 0.6 is 0 Å². The van der Waals surface area contributed by atoms with Crippen molar-refractivity contribution >= 4 is 23.2 Å². The van der Waals surface area contributed by atoms with Gasteiger partial charge >= 0.3 is 0 Å². The van der Waals surface area contributed by atoms with Gasteiger partial charge < -0.3 is 20.1 Å². The third-order valence-corrected chi connectivity index (χ3v) is 4.77. The molecule has 0 aliphatic carbocycles. The van der Waals surface area contributed by atoms with Gasteiger partial charge in [-0.05, 0) is 31.2 Å². The van der Waals surface area contributed by atoms with Crippen LogP contribution in [0.1, 0.15) is 5.69 Å². The average molecular weight is 408 g/mol. The number of benzene rings is 2. The largest absolute Gasteiger partial charge is 0.484 e. The molecule has 0 atom stereocenters. The highest BCUT2D eigenvalue weighted by Gasteiger charge is 2.19. The minimum Gasteiger partial charge on any atom is -0.484 e. The van der Waals surface area contributed by atoms with Gasteiger partial charge in [0.15, 0.2) is 13.2 Å². The number of hydrogen-bond donors (Lipinski definition) is 2. The molecule has 3 aromatic rings. The predicted molar refractivity (Wildman–Crippen MR) is 110 cm³/mol. The van der Waals surface area contributed by atoms with Crippen molar-refractivity contribution in [3.63, 3.8) is 0 Å². The molecule has 0 saturated heterocycles. The van der Waals surface area contributed by atoms with Gasteiger partial charge in [-0.3, -0.25) is 19.1 Å². The van der Waals surface area contributed by atoms with Crippen molar-refractivity contribution in [3.8, 4) is 17.2 Å². The Morgan fingerprint density at radius 3 is 2.73 bits per heavy atom. The molecule has 2 heterocycles. The first-order valence-electron chi connectivity index (χ1n) is 9.27. The summed E-state index contributed by atoms with van der Waals surface area (Å²) < 4.78 is 14.0. The van der Waals surface area contributed by atoms with E-state index < -0.39 is 5.91 Å². The maximum absolute atomic E-state index is 12.8. The Morgan fingerprint density at radius 2 is 1.97 bits per heavy atom. The standard InChI is InChI=1S/C21H20N4O5/c1-13-20(21(28)25(24(13)2)14-6-4-3-5-7-14)23-19(27)11-29-15-8-9-17-16(10-15)22-18(26)12-30-17/h3-10H,11-12H2,1-2H3,(H,22,26)(H,23,27). The molecule has 2 amide bonds. The van der Waals surface area contributed by atoms with Crippen LogP contribution in [0.25, 0.3) is 5.69 Å². The second-order valence-electron chi connectivity index (χ2n) is 6.77. The zero-order valence-electron chi connectivity index (χ0n) is 16.5. The van der Waals surface area contributed by atoms with E-state index in [2.05, 4.69) is 10.6 Å². The van der Waals surface area contributed by atoms with E-state index in [-0.39, 0.29) is 30.4 Å². The van der Waals surface area contributed by atoms with Crippen molar-refractivity contribution in [2.75, 3.05) is 23.8 Å². The number of carbonyl (C=O) groups excluding carboxylic acids is 2. The number of nitrogens with zero attached hydrogens (tertiary/aromatic N) is 2. The maximum atomic E-state index is 12.8. The fourth-order valence-corrected chi connectivity index (χ4v) is 3.19. The summed E-state index contributed by atoms with van der Waals surface area (Å²) in [7, 11) is 1.75. The molecule has 0 radical (unpaired) electrons. The predicted octanol–water partition coefficient (Wildman–Crippen LogP) is 1.83. The number of para-hydroxylation sites is 1. The van der Waals surface area contributed by atoms with Gasteiger partial charge in [-0.15, -0.1) is 0 Å². The fourth-order valence-electron chi connectivity index (χ4n) is 3.19. The molecule has 2 aromatic carbocycles. The highest BCUT2D eigenvalue weighted by atomic mass is 16.5. The summed E-state index contributed by atoms with van der Waals surface area (Å²) in [4.78, 5) is 36.7. The third kappa shape index (κ3) is 3.64. The molecule has 2 N–H and O–H groups in total. The van der Waals surface area contributed by atoms with Crippen molar-refractivity contribution in [2.24, 2.45) is 7.05 Å². The molecule has 0 saturated carbocycles. The number of hydrogen-bond acceptors (Lipinski definition) is 5. The van der Waals surface area contributed by atoms with Gasteiger partial charge in [-0.2, -0.15) is 0 Å². The number of amides is 2. The molecule has 9 nitrogen and oxygen atoms in total. The molecule has 0 bridgehead atoms. The summed E-state index contributed by atoms with van der Waals surface area (Å²) in [5, 5.41) is 5.31. The van der Waals surface area contributed by atoms with Crippen molar-refractivity contribution in [2.45, 2.75) is 6.92 Å². The molecule has 154 valence electrons. The summed E-state index contributed by atoms with van der Waals surface area (Å²) in [5.41, 5.74) is 1.66. The van der Waals surface area contributed by atoms with E-state index in [1.807, 2.05) is 30.3 Å². The lowest BCUT2D eigenvalue weighted by atomic mass is 10.2. The number of rotatable bonds is 5. The number of anilines is 2. The molecule has 4 rings (SSSR count). The lowest BCUT2D eigenvalue weighted by Gasteiger charge is -2.18. The molecule has 1 aliphatic heterocycles. The summed E-state index contributed by atoms with van der Waals surface area (Å²) >= 11 is 0. The van der Waals surface area contributed by atoms with Crippen LogP contribution in [-0.4, -0.2) is 34.4 Å². The Bertz CT molecular complexity index is 1180. The molecular formula is C21H20N4O5. The van der Waals surface area contributed by atoms with Gasteiger partial charge in [0.1, 0.15) is 17.2 Å². The SMILES string of the molecule is Cc1c(NC(=O)COc2ccc3c(c2)NC(=O)CO3)c(=O)n(-c2ccccc2)n1C. The number of fused-ring (bicyclic) bond motifs is 1. The van der Waals surface area contributed by atoms with E-state index in [1.165, 1.54) is 4.68 Å². The summed E-state index contributed by atoms with van der Waals surface area (Å²) in [5.74, 6) is 0.194. The van der Waals surface area contributed by atoms with E-state index in [0.29, 0.717) is 28.6 Å². The van der Waals surface area contributed by atoms with E-state index in [4.69, 9.17) is 9.47 Å². The van der Waals surface area contributed by atoms with Crippen LogP contribution in [0, 0.1) is 6.92 Å². The Hall–Kier alpha value is -4.01. The van der Waals surface area contributed by atoms with E-state index in [0.717, 1.165) is 0 Å². The summed E-state index contributed by atoms with van der Waals surface area (Å²) in [6.45, 7) is 1.42. The molecule has 30 heavy (non-hydrogen) atoms. The lowest BCUT2D eigenvalue weighted by Crippen LogP contribution is -2.26. The van der Waals surface area contributed by atoms with Crippen LogP contribution in [0.4, 0.5) is 11.4 Å². The Balaban J connectivity index is 1.47. The fraction of sp³-hybridized carbons (Fsp3) is 0.190. The van der Waals surface area contributed by atoms with E-state index >= 15 is 0 Å². The quantitative estimate of drug-likeness (QED) is 0.670. The van der Waals surface area contributed by atoms with Crippen LogP contribution in [0.5, 0.6) is 11.5 Å². The molecule has 1 aromatic heterocycles. The Morgan fingerprint density at radius 1 is 1.20 bits per heavy atom. The zero-order chi connectivity index (χ0) is 21.3. The van der Waals surface area contributed by atoms with Gasteiger partial charge in [-0.25, -0.2) is 4.68 Å². The van der Waals surface area contributed by atoms with Crippen molar-refractivity contribution < 1.29 is 19.1 Å². The number of carbonyl (C=O) groups is 2. The lowest BCUT2D eigenvalue weighted by molar-refractivity contribution is -0.119. The van der Waals surface area contributed by atoms with Crippen molar-refractivity contribution in [1.82, 2.24) is 9.36 Å². The van der Waals surface area contributed by atoms with Gasteiger partial charge in [-0.1, -0.05) is 18.2 Å². The Labute approximate surface area is 171 Å². The van der Waals surface area contributed by atoms with Crippen LogP contribution in [0.15, 0.2) is 53.3 Å². The first-order valence-corrected chi connectivity index (χ1v) is 9.27. The van der Waals surface area contributed by atoms with Gasteiger partial charge in [0.25, 0.3) is 17.4 Å². The molecule has 0 unspecified atom stereocenters. The highest BCUT2D eigenvalue weighted by molar-refractivity contribution is 5.95. The Kier molecular flexibility index (Phi) is 5.01. The highest BCUT2D eigenvalue weighted by Crippen LogP contribution is 2.31. The molecular weight excluding hydrogens is 388 g/mol. The molecule has 9 heteroatoms. The third-order valence-electron chi connectivity index (χ3n) is 4.77. The summed E-state index contributed by atoms with van der Waals surface area (Å²) in [6.07, 6.45) is 0. The van der Waals surface area contributed by atoms with Crippen LogP contribution in [0.3, 0.4) is 0 Å². The molecule has 1 aliphatic rings. The van der Waals surface area contributed by atoms with E-state index in [9.17, 15) is 14.4 Å². The smallest absolute Gasteiger partial charge is 0.295 e. The van der Waals surface area contributed by atoms with Gasteiger partial charge in [0, 0.05) is 13.1 Å². The van der Waals surface area contributed by atoms with Crippen molar-refractivity contribution in [3.05, 3.63) is 64.6 Å². The first-order chi connectivity index (χ1) is 14.4. The minimum atomic E-state index is -0.473. The zero-order valence-corrected chi connectivity index (χ0v) is 16.5. The average Bonchev–Trinajstić information content (AvgIpc) is 2.95. The topological polar surface area (TPSA) is 104 Å². The minimum absolute atomic E-state index is 0.0352. The second-order valence-corrected chi connectivity index (χ2v) is 6.77. The number of aromatic nitrogens is 2. The first kappa shape index (κ1) is 19.3. The van der Waals surface area contributed by atoms with Gasteiger partial charge in [0.2, 0.25) is 0 Å². The monoisotopic (exact) mass is 408 g/mol.